The summed E-state index contributed by atoms with van der Waals surface area (Å²) in [4.78, 5) is 4.70. The zero-order valence-corrected chi connectivity index (χ0v) is 44.8. The van der Waals surface area contributed by atoms with Gasteiger partial charge in [0.15, 0.2) is 0 Å². The molecule has 0 amide bonds. The summed E-state index contributed by atoms with van der Waals surface area (Å²) >= 11 is 0. The van der Waals surface area contributed by atoms with Crippen molar-refractivity contribution in [1.29, 1.82) is 0 Å². The maximum absolute atomic E-state index is 2.44. The van der Waals surface area contributed by atoms with Gasteiger partial charge in [0.1, 0.15) is 0 Å². The van der Waals surface area contributed by atoms with Crippen LogP contribution in [-0.2, 0) is 5.41 Å². The molecular weight excluding hydrogens is 929 g/mol. The van der Waals surface area contributed by atoms with E-state index in [0.29, 0.717) is 0 Å². The van der Waals surface area contributed by atoms with Gasteiger partial charge in [0, 0.05) is 39.5 Å². The molecule has 0 heterocycles. The molecule has 0 saturated carbocycles. The molecule has 11 aromatic carbocycles. The molecule has 0 aliphatic heterocycles. The van der Waals surface area contributed by atoms with Crippen LogP contribution in [0.15, 0.2) is 243 Å². The minimum absolute atomic E-state index is 0.232. The molecule has 0 saturated heterocycles. The van der Waals surface area contributed by atoms with Gasteiger partial charge in [-0.25, -0.2) is 0 Å². The molecule has 2 heteroatoms. The van der Waals surface area contributed by atoms with E-state index in [1.165, 1.54) is 88.7 Å². The third-order valence-corrected chi connectivity index (χ3v) is 15.6. The van der Waals surface area contributed by atoms with Crippen molar-refractivity contribution in [3.8, 4) is 33.4 Å². The average molecular weight is 991 g/mol. The molecule has 0 atom stereocenters. The zero-order chi connectivity index (χ0) is 52.6. The Morgan fingerprint density at radius 2 is 0.610 bits per heavy atom. The van der Waals surface area contributed by atoms with E-state index in [9.17, 15) is 0 Å². The Morgan fingerprint density at radius 1 is 0.286 bits per heavy atom. The lowest BCUT2D eigenvalue weighted by Gasteiger charge is -2.36. The van der Waals surface area contributed by atoms with Crippen molar-refractivity contribution in [2.75, 3.05) is 9.80 Å². The molecule has 11 aromatic rings. The van der Waals surface area contributed by atoms with Gasteiger partial charge in [0.25, 0.3) is 0 Å². The fraction of sp³-hybridized carbons (Fsp3) is 0.0933. The van der Waals surface area contributed by atoms with Crippen molar-refractivity contribution in [3.05, 3.63) is 298 Å². The van der Waals surface area contributed by atoms with E-state index in [0.717, 1.165) is 45.3 Å². The van der Waals surface area contributed by atoms with Crippen molar-refractivity contribution < 1.29 is 0 Å². The highest BCUT2D eigenvalue weighted by molar-refractivity contribution is 6.09. The fourth-order valence-electron chi connectivity index (χ4n) is 11.1. The second-order valence-corrected chi connectivity index (χ2v) is 21.4. The van der Waals surface area contributed by atoms with Crippen LogP contribution in [0.2, 0.25) is 0 Å². The van der Waals surface area contributed by atoms with Crippen LogP contribution in [0.1, 0.15) is 69.5 Å². The smallest absolute Gasteiger partial charge is 0.0462 e. The first-order chi connectivity index (χ1) is 37.5. The van der Waals surface area contributed by atoms with E-state index in [4.69, 9.17) is 0 Å². The van der Waals surface area contributed by atoms with Gasteiger partial charge in [-0.15, -0.1) is 0 Å². The molecule has 0 fully saturated rings. The maximum atomic E-state index is 2.44. The Bertz CT molecular complexity index is 3950. The van der Waals surface area contributed by atoms with Crippen LogP contribution in [0.5, 0.6) is 0 Å². The zero-order valence-electron chi connectivity index (χ0n) is 44.8. The van der Waals surface area contributed by atoms with Gasteiger partial charge >= 0.3 is 0 Å². The fourth-order valence-corrected chi connectivity index (χ4v) is 11.1. The number of hydrogen-bond acceptors (Lipinski definition) is 2. The van der Waals surface area contributed by atoms with Crippen LogP contribution in [0.3, 0.4) is 0 Å². The van der Waals surface area contributed by atoms with Crippen molar-refractivity contribution in [2.45, 2.75) is 47.0 Å². The maximum Gasteiger partial charge on any atom is 0.0462 e. The highest BCUT2D eigenvalue weighted by Gasteiger charge is 2.34. The molecule has 0 bridgehead atoms. The molecule has 12 rings (SSSR count). The molecule has 0 unspecified atom stereocenters. The monoisotopic (exact) mass is 990 g/mol. The van der Waals surface area contributed by atoms with Crippen molar-refractivity contribution in [1.82, 2.24) is 0 Å². The Hall–Kier alpha value is -9.24. The Labute approximate surface area is 455 Å². The van der Waals surface area contributed by atoms with Gasteiger partial charge in [-0.3, -0.25) is 0 Å². The summed E-state index contributed by atoms with van der Waals surface area (Å²) in [5.41, 5.74) is 26.3. The van der Waals surface area contributed by atoms with Crippen molar-refractivity contribution in [3.63, 3.8) is 0 Å². The first kappa shape index (κ1) is 48.7. The summed E-state index contributed by atoms with van der Waals surface area (Å²) in [5.74, 6) is 0. The molecule has 2 nitrogen and oxygen atoms in total. The third kappa shape index (κ3) is 9.83. The predicted molar refractivity (Wildman–Crippen MR) is 331 cm³/mol. The highest BCUT2D eigenvalue weighted by Crippen LogP contribution is 2.51. The van der Waals surface area contributed by atoms with Gasteiger partial charge in [0.05, 0.1) is 0 Å². The van der Waals surface area contributed by atoms with Crippen LogP contribution < -0.4 is 9.80 Å². The molecule has 0 spiro atoms. The van der Waals surface area contributed by atoms with Crippen molar-refractivity contribution in [2.24, 2.45) is 0 Å². The van der Waals surface area contributed by atoms with Crippen LogP contribution in [0.25, 0.3) is 68.5 Å². The molecular formula is C75H62N2. The number of anilines is 6. The molecule has 0 radical (unpaired) electrons. The normalized spacial score (nSPS) is 12.5. The molecule has 0 N–H and O–H groups in total. The topological polar surface area (TPSA) is 6.48 Å². The number of fused-ring (bicyclic) bond motifs is 2. The van der Waals surface area contributed by atoms with Gasteiger partial charge in [-0.05, 0) is 184 Å². The number of aryl methyl sites for hydroxylation is 4. The summed E-state index contributed by atoms with van der Waals surface area (Å²) in [6.07, 6.45) is 8.73. The summed E-state index contributed by atoms with van der Waals surface area (Å²) in [5, 5.41) is 2.62. The van der Waals surface area contributed by atoms with Gasteiger partial charge in [-0.1, -0.05) is 224 Å². The summed E-state index contributed by atoms with van der Waals surface area (Å²) in [6.45, 7) is 13.3. The largest absolute Gasteiger partial charge is 0.311 e. The number of benzene rings is 11. The minimum atomic E-state index is -0.232. The lowest BCUT2D eigenvalue weighted by molar-refractivity contribution is 0.645. The SMILES string of the molecule is Cc1ccc(/C=C/c2ccc(N(c3ccc(C)cc3)c3ccc(-c4ccc5c(c4)C(C)(C)c4cccc6c(-c7ccc(N(c8ccc(C)cc8)c8ccc(/C=C/c9ccc(C)cc9)cc8)cc7)ccc-5c46)cc3)cc2)cc1. The van der Waals surface area contributed by atoms with Gasteiger partial charge in [0.2, 0.25) is 0 Å². The van der Waals surface area contributed by atoms with E-state index in [-0.39, 0.29) is 5.41 Å². The molecule has 372 valence electrons. The predicted octanol–water partition coefficient (Wildman–Crippen LogP) is 21.0. The number of hydrogen-bond donors (Lipinski definition) is 0. The number of rotatable bonds is 12. The van der Waals surface area contributed by atoms with Gasteiger partial charge in [-0.2, -0.15) is 0 Å². The first-order valence-corrected chi connectivity index (χ1v) is 26.9. The molecule has 1 aliphatic rings. The summed E-state index contributed by atoms with van der Waals surface area (Å²) in [7, 11) is 0. The number of nitrogens with zero attached hydrogens (tertiary/aromatic N) is 2. The minimum Gasteiger partial charge on any atom is -0.311 e. The lowest BCUT2D eigenvalue weighted by Crippen LogP contribution is -2.23. The third-order valence-electron chi connectivity index (χ3n) is 15.6. The van der Waals surface area contributed by atoms with E-state index < -0.39 is 0 Å². The average Bonchev–Trinajstić information content (AvgIpc) is 3.55. The van der Waals surface area contributed by atoms with Crippen LogP contribution in [0.4, 0.5) is 34.1 Å². The van der Waals surface area contributed by atoms with E-state index in [1.54, 1.807) is 0 Å². The standard InChI is InChI=1S/C75H62N2/c1-51-10-18-55(19-11-51)22-24-57-26-39-64(40-27-57)76(62-35-14-53(3)15-36-62)66-43-30-59(31-44-66)61-34-47-69-71-49-48-68(70-8-7-9-72(74(70)71)75(5,6)73(69)50-61)60-32-45-67(46-33-60)77(63-37-16-54(4)17-38-63)65-41-28-58(29-42-65)25-23-56-20-12-52(2)13-21-56/h7-50H,1-6H3/b24-22+,25-23+. The quantitative estimate of drug-likeness (QED) is 0.113. The van der Waals surface area contributed by atoms with Crippen molar-refractivity contribution >= 4 is 69.2 Å². The Balaban J connectivity index is 0.829. The van der Waals surface area contributed by atoms with Crippen LogP contribution in [-0.4, -0.2) is 0 Å². The molecule has 0 aromatic heterocycles. The van der Waals surface area contributed by atoms with Crippen LogP contribution >= 0.6 is 0 Å². The lowest BCUT2D eigenvalue weighted by atomic mass is 9.67. The summed E-state index contributed by atoms with van der Waals surface area (Å²) in [6, 6.07) is 89.5. The second-order valence-electron chi connectivity index (χ2n) is 21.4. The Morgan fingerprint density at radius 3 is 1.04 bits per heavy atom. The van der Waals surface area contributed by atoms with E-state index in [2.05, 4.69) is 318 Å². The molecule has 77 heavy (non-hydrogen) atoms. The summed E-state index contributed by atoms with van der Waals surface area (Å²) < 4.78 is 0. The highest BCUT2D eigenvalue weighted by atomic mass is 15.1. The van der Waals surface area contributed by atoms with E-state index >= 15 is 0 Å². The first-order valence-electron chi connectivity index (χ1n) is 26.9. The molecule has 1 aliphatic carbocycles. The Kier molecular flexibility index (Phi) is 12.9. The van der Waals surface area contributed by atoms with Gasteiger partial charge < -0.3 is 9.80 Å². The second kappa shape index (κ2) is 20.5. The van der Waals surface area contributed by atoms with E-state index in [1.807, 2.05) is 0 Å². The van der Waals surface area contributed by atoms with Crippen LogP contribution in [0, 0.1) is 27.7 Å².